The SMILES string of the molecule is CCn1c(=O)n(CCC(=O)N2CCCC(C(=O)NCCNC(=O)OC(C)(C)C)C2)c2ccccc21. The van der Waals surface area contributed by atoms with Crippen LogP contribution in [0.2, 0.25) is 0 Å². The number of hydrogen-bond donors (Lipinski definition) is 2. The molecule has 10 heteroatoms. The van der Waals surface area contributed by atoms with Gasteiger partial charge in [-0.2, -0.15) is 0 Å². The van der Waals surface area contributed by atoms with Crippen LogP contribution in [0.25, 0.3) is 11.0 Å². The Morgan fingerprint density at radius 2 is 1.71 bits per heavy atom. The Morgan fingerprint density at radius 1 is 1.06 bits per heavy atom. The Hall–Kier alpha value is -3.30. The number of ether oxygens (including phenoxy) is 1. The van der Waals surface area contributed by atoms with Gasteiger partial charge in [-0.15, -0.1) is 0 Å². The summed E-state index contributed by atoms with van der Waals surface area (Å²) in [6, 6.07) is 7.59. The van der Waals surface area contributed by atoms with Crippen LogP contribution in [0.5, 0.6) is 0 Å². The smallest absolute Gasteiger partial charge is 0.407 e. The molecular weight excluding hydrogens is 450 g/mol. The largest absolute Gasteiger partial charge is 0.444 e. The van der Waals surface area contributed by atoms with Crippen molar-refractivity contribution in [2.24, 2.45) is 5.92 Å². The van der Waals surface area contributed by atoms with E-state index in [1.807, 2.05) is 31.2 Å². The molecule has 1 saturated heterocycles. The summed E-state index contributed by atoms with van der Waals surface area (Å²) in [6.45, 7) is 9.65. The highest BCUT2D eigenvalue weighted by Gasteiger charge is 2.28. The average molecular weight is 488 g/mol. The molecule has 2 N–H and O–H groups in total. The van der Waals surface area contributed by atoms with Crippen molar-refractivity contribution in [2.45, 2.75) is 65.6 Å². The summed E-state index contributed by atoms with van der Waals surface area (Å²) in [5.41, 5.74) is 0.996. The van der Waals surface area contributed by atoms with Gasteiger partial charge in [-0.1, -0.05) is 12.1 Å². The summed E-state index contributed by atoms with van der Waals surface area (Å²) in [7, 11) is 0. The fourth-order valence-electron chi connectivity index (χ4n) is 4.39. The van der Waals surface area contributed by atoms with Crippen molar-refractivity contribution in [1.82, 2.24) is 24.7 Å². The fraction of sp³-hybridized carbons (Fsp3) is 0.600. The van der Waals surface area contributed by atoms with E-state index in [1.54, 1.807) is 34.8 Å². The zero-order valence-electron chi connectivity index (χ0n) is 21.1. The predicted octanol–water partition coefficient (Wildman–Crippen LogP) is 2.09. The van der Waals surface area contributed by atoms with Gasteiger partial charge in [0.1, 0.15) is 5.60 Å². The third-order valence-corrected chi connectivity index (χ3v) is 6.03. The Labute approximate surface area is 205 Å². The fourth-order valence-corrected chi connectivity index (χ4v) is 4.39. The van der Waals surface area contributed by atoms with Gasteiger partial charge in [0.25, 0.3) is 0 Å². The van der Waals surface area contributed by atoms with Crippen LogP contribution >= 0.6 is 0 Å². The minimum Gasteiger partial charge on any atom is -0.444 e. The molecule has 10 nitrogen and oxygen atoms in total. The maximum Gasteiger partial charge on any atom is 0.407 e. The van der Waals surface area contributed by atoms with Crippen LogP contribution in [-0.4, -0.2) is 63.7 Å². The summed E-state index contributed by atoms with van der Waals surface area (Å²) < 4.78 is 8.53. The lowest BCUT2D eigenvalue weighted by atomic mass is 9.97. The number of fused-ring (bicyclic) bond motifs is 1. The highest BCUT2D eigenvalue weighted by Crippen LogP contribution is 2.18. The van der Waals surface area contributed by atoms with E-state index in [1.165, 1.54) is 0 Å². The Bertz CT molecular complexity index is 1110. The molecular formula is C25H37N5O5. The highest BCUT2D eigenvalue weighted by molar-refractivity contribution is 5.81. The van der Waals surface area contributed by atoms with Crippen LogP contribution in [-0.2, 0) is 27.4 Å². The molecule has 0 saturated carbocycles. The number of carbonyl (C=O) groups excluding carboxylic acids is 3. The van der Waals surface area contributed by atoms with Crippen LogP contribution in [0, 0.1) is 5.92 Å². The third-order valence-electron chi connectivity index (χ3n) is 6.03. The van der Waals surface area contributed by atoms with Gasteiger partial charge in [0.05, 0.1) is 17.0 Å². The number of likely N-dealkylation sites (tertiary alicyclic amines) is 1. The average Bonchev–Trinajstić information content (AvgIpc) is 3.09. The Kier molecular flexibility index (Phi) is 8.58. The van der Waals surface area contributed by atoms with Gasteiger partial charge in [0, 0.05) is 45.7 Å². The van der Waals surface area contributed by atoms with Crippen LogP contribution in [0.1, 0.15) is 47.0 Å². The maximum absolute atomic E-state index is 12.9. The van der Waals surface area contributed by atoms with E-state index >= 15 is 0 Å². The summed E-state index contributed by atoms with van der Waals surface area (Å²) in [4.78, 5) is 51.7. The van der Waals surface area contributed by atoms with Crippen LogP contribution < -0.4 is 16.3 Å². The number of benzene rings is 1. The molecule has 2 heterocycles. The molecule has 3 rings (SSSR count). The number of hydrogen-bond acceptors (Lipinski definition) is 5. The first-order chi connectivity index (χ1) is 16.6. The molecule has 1 aromatic heterocycles. The summed E-state index contributed by atoms with van der Waals surface area (Å²) in [5.74, 6) is -0.482. The number of aryl methyl sites for hydroxylation is 2. The highest BCUT2D eigenvalue weighted by atomic mass is 16.6. The number of amides is 3. The second-order valence-corrected chi connectivity index (χ2v) is 9.82. The van der Waals surface area contributed by atoms with Crippen molar-refractivity contribution < 1.29 is 19.1 Å². The molecule has 1 aliphatic rings. The van der Waals surface area contributed by atoms with Gasteiger partial charge in [0.15, 0.2) is 0 Å². The number of rotatable bonds is 8. The van der Waals surface area contributed by atoms with Crippen molar-refractivity contribution in [3.8, 4) is 0 Å². The number of alkyl carbamates (subject to hydrolysis) is 1. The number of imidazole rings is 1. The third kappa shape index (κ3) is 6.86. The number of nitrogens with zero attached hydrogens (tertiary/aromatic N) is 3. The number of carbonyl (C=O) groups is 3. The van der Waals surface area contributed by atoms with Crippen molar-refractivity contribution in [2.75, 3.05) is 26.2 Å². The van der Waals surface area contributed by atoms with E-state index in [9.17, 15) is 19.2 Å². The predicted molar refractivity (Wildman–Crippen MR) is 133 cm³/mol. The van der Waals surface area contributed by atoms with E-state index < -0.39 is 11.7 Å². The van der Waals surface area contributed by atoms with Crippen LogP contribution in [0.15, 0.2) is 29.1 Å². The topological polar surface area (TPSA) is 115 Å². The van der Waals surface area contributed by atoms with Crippen molar-refractivity contribution in [3.05, 3.63) is 34.7 Å². The van der Waals surface area contributed by atoms with Crippen molar-refractivity contribution in [3.63, 3.8) is 0 Å². The van der Waals surface area contributed by atoms with Gasteiger partial charge in [-0.25, -0.2) is 9.59 Å². The first-order valence-electron chi connectivity index (χ1n) is 12.3. The van der Waals surface area contributed by atoms with E-state index in [4.69, 9.17) is 4.74 Å². The van der Waals surface area contributed by atoms with Gasteiger partial charge in [-0.3, -0.25) is 18.7 Å². The molecule has 0 bridgehead atoms. The van der Waals surface area contributed by atoms with Crippen LogP contribution in [0.4, 0.5) is 4.79 Å². The first kappa shape index (κ1) is 26.3. The Balaban J connectivity index is 1.49. The second kappa shape index (κ2) is 11.4. The summed E-state index contributed by atoms with van der Waals surface area (Å²) in [6.07, 6.45) is 1.13. The van der Waals surface area contributed by atoms with Gasteiger partial charge >= 0.3 is 11.8 Å². The molecule has 2 aromatic rings. The monoisotopic (exact) mass is 487 g/mol. The normalized spacial score (nSPS) is 16.2. The van der Waals surface area contributed by atoms with Gasteiger partial charge in [-0.05, 0) is 52.7 Å². The minimum absolute atomic E-state index is 0.0608. The lowest BCUT2D eigenvalue weighted by Crippen LogP contribution is -2.47. The number of para-hydroxylation sites is 2. The maximum atomic E-state index is 12.9. The Morgan fingerprint density at radius 3 is 2.37 bits per heavy atom. The first-order valence-corrected chi connectivity index (χ1v) is 12.3. The number of aromatic nitrogens is 2. The van der Waals surface area contributed by atoms with Gasteiger partial charge < -0.3 is 20.3 Å². The van der Waals surface area contributed by atoms with E-state index in [0.29, 0.717) is 32.6 Å². The standard InChI is InChI=1S/C25H37N5O5/c1-5-29-19-10-6-7-11-20(19)30(24(29)34)16-12-21(31)28-15-8-9-18(17-28)22(32)26-13-14-27-23(33)35-25(2,3)4/h6-7,10-11,18H,5,8-9,12-17H2,1-4H3,(H,26,32)(H,27,33). The summed E-state index contributed by atoms with van der Waals surface area (Å²) in [5, 5.41) is 5.44. The number of piperidine rings is 1. The molecule has 1 aliphatic heterocycles. The molecule has 0 radical (unpaired) electrons. The molecule has 1 aromatic carbocycles. The molecule has 1 fully saturated rings. The molecule has 0 aliphatic carbocycles. The zero-order valence-corrected chi connectivity index (χ0v) is 21.1. The zero-order chi connectivity index (χ0) is 25.6. The van der Waals surface area contributed by atoms with E-state index in [2.05, 4.69) is 10.6 Å². The molecule has 0 spiro atoms. The minimum atomic E-state index is -0.577. The molecule has 1 unspecified atom stereocenters. The lowest BCUT2D eigenvalue weighted by Gasteiger charge is -2.32. The summed E-state index contributed by atoms with van der Waals surface area (Å²) >= 11 is 0. The van der Waals surface area contributed by atoms with Crippen LogP contribution in [0.3, 0.4) is 0 Å². The lowest BCUT2D eigenvalue weighted by molar-refractivity contribution is -0.135. The van der Waals surface area contributed by atoms with E-state index in [-0.39, 0.29) is 42.9 Å². The molecule has 192 valence electrons. The number of nitrogens with one attached hydrogen (secondary N) is 2. The second-order valence-electron chi connectivity index (χ2n) is 9.82. The molecule has 35 heavy (non-hydrogen) atoms. The quantitative estimate of drug-likeness (QED) is 0.554. The van der Waals surface area contributed by atoms with Crippen molar-refractivity contribution >= 4 is 28.9 Å². The molecule has 3 amide bonds. The van der Waals surface area contributed by atoms with Crippen molar-refractivity contribution in [1.29, 1.82) is 0 Å². The van der Waals surface area contributed by atoms with E-state index in [0.717, 1.165) is 17.5 Å². The van der Waals surface area contributed by atoms with Gasteiger partial charge in [0.2, 0.25) is 11.8 Å². The molecule has 1 atom stereocenters.